The third kappa shape index (κ3) is 3.72. The summed E-state index contributed by atoms with van der Waals surface area (Å²) in [5.74, 6) is 0.0409. The second-order valence-electron chi connectivity index (χ2n) is 9.62. The van der Waals surface area contributed by atoms with Crippen molar-refractivity contribution >= 4 is 56.0 Å². The number of aromatic nitrogens is 3. The highest BCUT2D eigenvalue weighted by Gasteiger charge is 2.35. The number of carbonyl (C=O) groups is 2. The Labute approximate surface area is 231 Å². The molecule has 9 nitrogen and oxygen atoms in total. The van der Waals surface area contributed by atoms with E-state index >= 15 is 0 Å². The largest absolute Gasteiger partial charge is 0.452 e. The molecule has 3 aromatic carbocycles. The highest BCUT2D eigenvalue weighted by Crippen LogP contribution is 2.35. The zero-order valence-corrected chi connectivity index (χ0v) is 22.3. The van der Waals surface area contributed by atoms with Crippen molar-refractivity contribution in [3.63, 3.8) is 0 Å². The Bertz CT molecular complexity index is 2110. The predicted octanol–water partition coefficient (Wildman–Crippen LogP) is 4.08. The van der Waals surface area contributed by atoms with Crippen molar-refractivity contribution in [2.45, 2.75) is 13.8 Å². The molecule has 40 heavy (non-hydrogen) atoms. The Kier molecular flexibility index (Phi) is 5.39. The molecule has 2 amide bonds. The van der Waals surface area contributed by atoms with Crippen LogP contribution in [0.2, 0.25) is 0 Å². The van der Waals surface area contributed by atoms with E-state index in [1.807, 2.05) is 62.4 Å². The minimum Gasteiger partial charge on any atom is -0.452 e. The van der Waals surface area contributed by atoms with Gasteiger partial charge >= 0.3 is 0 Å². The topological polar surface area (TPSA) is 110 Å². The van der Waals surface area contributed by atoms with Gasteiger partial charge in [0.1, 0.15) is 16.7 Å². The number of hydrogen-bond donors (Lipinski definition) is 1. The summed E-state index contributed by atoms with van der Waals surface area (Å²) < 4.78 is 7.41. The lowest BCUT2D eigenvalue weighted by molar-refractivity contribution is -0.118. The molecule has 1 aliphatic rings. The van der Waals surface area contributed by atoms with Crippen LogP contribution in [0, 0.1) is 13.8 Å². The van der Waals surface area contributed by atoms with Gasteiger partial charge < -0.3 is 9.73 Å². The minimum absolute atomic E-state index is 0.197. The van der Waals surface area contributed by atoms with Crippen LogP contribution in [0.4, 0.5) is 11.4 Å². The Hall–Kier alpha value is -5.09. The number of para-hydroxylation sites is 2. The molecular formula is C30H21N5O4S. The van der Waals surface area contributed by atoms with Gasteiger partial charge in [0.2, 0.25) is 16.7 Å². The molecule has 0 saturated carbocycles. The molecule has 1 aliphatic heterocycles. The Balaban J connectivity index is 1.28. The average molecular weight is 548 g/mol. The molecule has 7 rings (SSSR count). The van der Waals surface area contributed by atoms with E-state index in [-0.39, 0.29) is 22.6 Å². The quantitative estimate of drug-likeness (QED) is 0.356. The molecule has 0 fully saturated rings. The molecule has 6 aromatic rings. The molecule has 0 radical (unpaired) electrons. The van der Waals surface area contributed by atoms with Crippen molar-refractivity contribution < 1.29 is 14.0 Å². The van der Waals surface area contributed by atoms with Gasteiger partial charge in [-0.25, -0.2) is 0 Å². The zero-order valence-electron chi connectivity index (χ0n) is 21.5. The first-order valence-corrected chi connectivity index (χ1v) is 13.4. The van der Waals surface area contributed by atoms with Gasteiger partial charge in [0.15, 0.2) is 5.76 Å². The van der Waals surface area contributed by atoms with Crippen molar-refractivity contribution in [3.05, 3.63) is 104 Å². The molecule has 0 unspecified atom stereocenters. The van der Waals surface area contributed by atoms with Crippen molar-refractivity contribution in [1.29, 1.82) is 0 Å². The van der Waals surface area contributed by atoms with E-state index in [0.717, 1.165) is 27.8 Å². The number of nitrogens with one attached hydrogen (secondary N) is 1. The van der Waals surface area contributed by atoms with Gasteiger partial charge in [-0.2, -0.15) is 9.50 Å². The van der Waals surface area contributed by atoms with Crippen LogP contribution in [0.3, 0.4) is 0 Å². The summed E-state index contributed by atoms with van der Waals surface area (Å²) in [5, 5.41) is 8.22. The number of fused-ring (bicyclic) bond motifs is 3. The SMILES string of the molecule is Cc1ccc(NC(=O)CN2C(=O)C(=c3sc4nc(-c5oc6ccccc6c5C)nn4c3=O)c3ccccc32)cc1. The van der Waals surface area contributed by atoms with Gasteiger partial charge in [-0.05, 0) is 38.1 Å². The molecule has 0 bridgehead atoms. The number of benzene rings is 3. The van der Waals surface area contributed by atoms with Crippen molar-refractivity contribution in [1.82, 2.24) is 14.6 Å². The molecule has 10 heteroatoms. The molecule has 1 N–H and O–H groups in total. The van der Waals surface area contributed by atoms with E-state index in [0.29, 0.717) is 39.1 Å². The monoisotopic (exact) mass is 547 g/mol. The number of thiazole rings is 1. The molecule has 3 aromatic heterocycles. The third-order valence-corrected chi connectivity index (χ3v) is 8.02. The van der Waals surface area contributed by atoms with E-state index < -0.39 is 11.5 Å². The number of furan rings is 1. The number of carbonyl (C=O) groups excluding carboxylic acids is 2. The molecule has 0 atom stereocenters. The second kappa shape index (κ2) is 8.99. The fourth-order valence-electron chi connectivity index (χ4n) is 5.01. The fraction of sp³-hybridized carbons (Fsp3) is 0.100. The highest BCUT2D eigenvalue weighted by molar-refractivity contribution is 7.15. The maximum atomic E-state index is 13.7. The summed E-state index contributed by atoms with van der Waals surface area (Å²) in [6, 6.07) is 22.2. The zero-order chi connectivity index (χ0) is 27.5. The number of aryl methyl sites for hydroxylation is 2. The van der Waals surface area contributed by atoms with Crippen LogP contribution in [0.1, 0.15) is 16.7 Å². The van der Waals surface area contributed by atoms with Gasteiger partial charge in [0.05, 0.1) is 11.3 Å². The molecule has 4 heterocycles. The highest BCUT2D eigenvalue weighted by atomic mass is 32.1. The maximum Gasteiger partial charge on any atom is 0.291 e. The first-order valence-electron chi connectivity index (χ1n) is 12.6. The molecule has 196 valence electrons. The predicted molar refractivity (Wildman–Crippen MR) is 153 cm³/mol. The maximum absolute atomic E-state index is 13.7. The summed E-state index contributed by atoms with van der Waals surface area (Å²) in [6.45, 7) is 3.69. The Morgan fingerprint density at radius 2 is 1.73 bits per heavy atom. The van der Waals surface area contributed by atoms with E-state index in [1.54, 1.807) is 24.3 Å². The lowest BCUT2D eigenvalue weighted by Crippen LogP contribution is -2.37. The lowest BCUT2D eigenvalue weighted by atomic mass is 10.1. The first kappa shape index (κ1) is 24.0. The van der Waals surface area contributed by atoms with Crippen LogP contribution in [-0.4, -0.2) is 33.0 Å². The standard InChI is InChI=1S/C30H21N5O4S/c1-16-11-13-18(14-12-16)31-23(36)15-34-21-9-5-3-8-20(21)24(28(34)37)26-29(38)35-30(40-26)32-27(33-35)25-17(2)19-7-4-6-10-22(19)39-25/h3-14H,15H2,1-2H3,(H,31,36). The minimum atomic E-state index is -0.448. The summed E-state index contributed by atoms with van der Waals surface area (Å²) in [7, 11) is 0. The number of amides is 2. The van der Waals surface area contributed by atoms with Crippen LogP contribution in [0.5, 0.6) is 0 Å². The average Bonchev–Trinajstić information content (AvgIpc) is 3.67. The van der Waals surface area contributed by atoms with Gasteiger partial charge in [-0.3, -0.25) is 19.3 Å². The molecule has 0 saturated heterocycles. The smallest absolute Gasteiger partial charge is 0.291 e. The summed E-state index contributed by atoms with van der Waals surface area (Å²) in [4.78, 5) is 46.4. The number of nitrogens with zero attached hydrogens (tertiary/aromatic N) is 4. The summed E-state index contributed by atoms with van der Waals surface area (Å²) >= 11 is 1.09. The summed E-state index contributed by atoms with van der Waals surface area (Å²) in [5.41, 5.74) is 4.26. The number of hydrogen-bond acceptors (Lipinski definition) is 7. The van der Waals surface area contributed by atoms with E-state index in [9.17, 15) is 14.4 Å². The summed E-state index contributed by atoms with van der Waals surface area (Å²) in [6.07, 6.45) is 0. The Morgan fingerprint density at radius 3 is 2.50 bits per heavy atom. The van der Waals surface area contributed by atoms with Gasteiger partial charge in [-0.1, -0.05) is 65.4 Å². The first-order chi connectivity index (χ1) is 19.4. The van der Waals surface area contributed by atoms with Gasteiger partial charge in [-0.15, -0.1) is 5.10 Å². The second-order valence-corrected chi connectivity index (χ2v) is 10.6. The third-order valence-electron chi connectivity index (χ3n) is 6.99. The van der Waals surface area contributed by atoms with Crippen LogP contribution < -0.4 is 20.3 Å². The normalized spacial score (nSPS) is 14.3. The van der Waals surface area contributed by atoms with Crippen LogP contribution in [0.25, 0.3) is 33.1 Å². The number of anilines is 2. The molecule has 0 aliphatic carbocycles. The lowest BCUT2D eigenvalue weighted by Gasteiger charge is -2.16. The van der Waals surface area contributed by atoms with Crippen LogP contribution >= 0.6 is 11.3 Å². The molecular weight excluding hydrogens is 526 g/mol. The van der Waals surface area contributed by atoms with Gasteiger partial charge in [0.25, 0.3) is 11.5 Å². The van der Waals surface area contributed by atoms with Crippen LogP contribution in [0.15, 0.2) is 82.0 Å². The number of rotatable bonds is 4. The van der Waals surface area contributed by atoms with Crippen molar-refractivity contribution in [2.24, 2.45) is 0 Å². The Morgan fingerprint density at radius 1 is 0.975 bits per heavy atom. The van der Waals surface area contributed by atoms with Crippen molar-refractivity contribution in [2.75, 3.05) is 16.8 Å². The molecule has 0 spiro atoms. The van der Waals surface area contributed by atoms with Crippen LogP contribution in [-0.2, 0) is 9.59 Å². The van der Waals surface area contributed by atoms with E-state index in [4.69, 9.17) is 4.42 Å². The fourth-order valence-corrected chi connectivity index (χ4v) is 6.00. The van der Waals surface area contributed by atoms with Gasteiger partial charge in [0, 0.05) is 22.2 Å². The van der Waals surface area contributed by atoms with E-state index in [1.165, 1.54) is 9.42 Å². The van der Waals surface area contributed by atoms with E-state index in [2.05, 4.69) is 15.4 Å². The van der Waals surface area contributed by atoms with Crippen molar-refractivity contribution in [3.8, 4) is 11.6 Å².